The van der Waals surface area contributed by atoms with Crippen molar-refractivity contribution in [2.75, 3.05) is 13.1 Å². The summed E-state index contributed by atoms with van der Waals surface area (Å²) in [5.41, 5.74) is -0.125. The van der Waals surface area contributed by atoms with E-state index in [2.05, 4.69) is 13.8 Å². The van der Waals surface area contributed by atoms with Crippen molar-refractivity contribution >= 4 is 11.9 Å². The number of aliphatic carboxylic acids is 1. The summed E-state index contributed by atoms with van der Waals surface area (Å²) in [7, 11) is 0. The van der Waals surface area contributed by atoms with Gasteiger partial charge in [0.1, 0.15) is 0 Å². The quantitative estimate of drug-likeness (QED) is 0.850. The van der Waals surface area contributed by atoms with E-state index in [1.54, 1.807) is 0 Å². The third-order valence-electron chi connectivity index (χ3n) is 5.61. The molecule has 2 rings (SSSR count). The number of hydrogen-bond donors (Lipinski definition) is 1. The molecule has 1 amide bonds. The van der Waals surface area contributed by atoms with Crippen molar-refractivity contribution < 1.29 is 14.7 Å². The lowest BCUT2D eigenvalue weighted by Gasteiger charge is -2.26. The molecule has 1 heterocycles. The van der Waals surface area contributed by atoms with Crippen LogP contribution < -0.4 is 0 Å². The van der Waals surface area contributed by atoms with Crippen molar-refractivity contribution in [3.63, 3.8) is 0 Å². The second-order valence-electron chi connectivity index (χ2n) is 6.83. The average Bonchev–Trinajstić information content (AvgIpc) is 2.75. The van der Waals surface area contributed by atoms with Gasteiger partial charge in [-0.3, -0.25) is 9.59 Å². The molecule has 1 N–H and O–H groups in total. The first-order valence-corrected chi connectivity index (χ1v) is 7.30. The van der Waals surface area contributed by atoms with Crippen LogP contribution >= 0.6 is 0 Å². The summed E-state index contributed by atoms with van der Waals surface area (Å²) in [6, 6.07) is 0. The Labute approximate surface area is 115 Å². The predicted octanol–water partition coefficient (Wildman–Crippen LogP) is 2.38. The Hall–Kier alpha value is -1.06. The van der Waals surface area contributed by atoms with Crippen LogP contribution in [0.25, 0.3) is 0 Å². The molecule has 1 aliphatic heterocycles. The van der Waals surface area contributed by atoms with Gasteiger partial charge in [-0.1, -0.05) is 27.7 Å². The summed E-state index contributed by atoms with van der Waals surface area (Å²) in [4.78, 5) is 25.6. The first-order chi connectivity index (χ1) is 8.79. The molecule has 2 unspecified atom stereocenters. The van der Waals surface area contributed by atoms with Crippen molar-refractivity contribution in [1.29, 1.82) is 0 Å². The highest BCUT2D eigenvalue weighted by Gasteiger charge is 2.67. The Morgan fingerprint density at radius 1 is 1.21 bits per heavy atom. The van der Waals surface area contributed by atoms with Gasteiger partial charge in [-0.05, 0) is 30.1 Å². The van der Waals surface area contributed by atoms with Gasteiger partial charge in [0, 0.05) is 13.1 Å². The fourth-order valence-corrected chi connectivity index (χ4v) is 3.71. The third-order valence-corrected chi connectivity index (χ3v) is 5.61. The highest BCUT2D eigenvalue weighted by Crippen LogP contribution is 2.59. The summed E-state index contributed by atoms with van der Waals surface area (Å²) < 4.78 is 0. The van der Waals surface area contributed by atoms with Crippen LogP contribution in [-0.4, -0.2) is 35.0 Å². The van der Waals surface area contributed by atoms with Crippen molar-refractivity contribution in [3.05, 3.63) is 0 Å². The predicted molar refractivity (Wildman–Crippen MR) is 72.6 cm³/mol. The van der Waals surface area contributed by atoms with Gasteiger partial charge in [0.2, 0.25) is 5.91 Å². The van der Waals surface area contributed by atoms with E-state index >= 15 is 0 Å². The van der Waals surface area contributed by atoms with Crippen LogP contribution in [0.4, 0.5) is 0 Å². The summed E-state index contributed by atoms with van der Waals surface area (Å²) in [6.45, 7) is 9.73. The van der Waals surface area contributed by atoms with E-state index in [4.69, 9.17) is 0 Å². The number of carboxylic acid groups (broad SMARTS) is 1. The molecule has 0 radical (unpaired) electrons. The lowest BCUT2D eigenvalue weighted by molar-refractivity contribution is -0.141. The largest absolute Gasteiger partial charge is 0.481 e. The Morgan fingerprint density at radius 3 is 2.16 bits per heavy atom. The van der Waals surface area contributed by atoms with E-state index in [0.717, 1.165) is 32.4 Å². The molecule has 0 aromatic heterocycles. The van der Waals surface area contributed by atoms with Gasteiger partial charge in [0.05, 0.1) is 11.8 Å². The van der Waals surface area contributed by atoms with Crippen molar-refractivity contribution in [2.45, 2.75) is 47.0 Å². The Balaban J connectivity index is 2.06. The third kappa shape index (κ3) is 2.15. The van der Waals surface area contributed by atoms with Gasteiger partial charge in [-0.15, -0.1) is 0 Å². The van der Waals surface area contributed by atoms with E-state index in [1.807, 2.05) is 18.7 Å². The standard InChI is InChI=1S/C15H25NO3/c1-5-15(6-2)7-8-16(9-15)12(17)10-11(13(18)19)14(10,3)4/h10-11H,5-9H2,1-4H3,(H,18,19). The van der Waals surface area contributed by atoms with E-state index in [-0.39, 0.29) is 22.7 Å². The van der Waals surface area contributed by atoms with Crippen molar-refractivity contribution in [3.8, 4) is 0 Å². The van der Waals surface area contributed by atoms with E-state index < -0.39 is 11.9 Å². The first-order valence-electron chi connectivity index (χ1n) is 7.30. The zero-order valence-electron chi connectivity index (χ0n) is 12.4. The Kier molecular flexibility index (Phi) is 3.40. The van der Waals surface area contributed by atoms with Crippen LogP contribution in [0.2, 0.25) is 0 Å². The molecule has 4 heteroatoms. The van der Waals surface area contributed by atoms with Crippen LogP contribution in [0.3, 0.4) is 0 Å². The van der Waals surface area contributed by atoms with Gasteiger partial charge >= 0.3 is 5.97 Å². The molecule has 2 atom stereocenters. The summed E-state index contributed by atoms with van der Waals surface area (Å²) in [6.07, 6.45) is 3.23. The lowest BCUT2D eigenvalue weighted by atomic mass is 9.82. The minimum Gasteiger partial charge on any atom is -0.481 e. The smallest absolute Gasteiger partial charge is 0.307 e. The molecule has 108 valence electrons. The molecular formula is C15H25NO3. The zero-order valence-corrected chi connectivity index (χ0v) is 12.4. The van der Waals surface area contributed by atoms with Crippen LogP contribution in [0.5, 0.6) is 0 Å². The number of carbonyl (C=O) groups is 2. The molecule has 0 spiro atoms. The molecule has 1 saturated heterocycles. The number of hydrogen-bond acceptors (Lipinski definition) is 2. The number of nitrogens with zero attached hydrogens (tertiary/aromatic N) is 1. The van der Waals surface area contributed by atoms with Crippen molar-refractivity contribution in [2.24, 2.45) is 22.7 Å². The average molecular weight is 267 g/mol. The summed E-state index contributed by atoms with van der Waals surface area (Å²) >= 11 is 0. The number of amides is 1. The molecule has 2 aliphatic rings. The maximum atomic E-state index is 12.5. The molecule has 0 bridgehead atoms. The summed E-state index contributed by atoms with van der Waals surface area (Å²) in [5.74, 6) is -1.60. The monoisotopic (exact) mass is 267 g/mol. The van der Waals surface area contributed by atoms with Crippen molar-refractivity contribution in [1.82, 2.24) is 4.90 Å². The molecule has 0 aromatic carbocycles. The van der Waals surface area contributed by atoms with Crippen LogP contribution in [0, 0.1) is 22.7 Å². The molecule has 1 aliphatic carbocycles. The zero-order chi connectivity index (χ0) is 14.4. The molecule has 19 heavy (non-hydrogen) atoms. The fraction of sp³-hybridized carbons (Fsp3) is 0.867. The lowest BCUT2D eigenvalue weighted by Crippen LogP contribution is -2.34. The fourth-order valence-electron chi connectivity index (χ4n) is 3.71. The maximum Gasteiger partial charge on any atom is 0.307 e. The number of carboxylic acids is 1. The molecular weight excluding hydrogens is 242 g/mol. The molecule has 4 nitrogen and oxygen atoms in total. The second kappa shape index (κ2) is 4.50. The van der Waals surface area contributed by atoms with Crippen LogP contribution in [0.15, 0.2) is 0 Å². The maximum absolute atomic E-state index is 12.5. The van der Waals surface area contributed by atoms with E-state index in [1.165, 1.54) is 0 Å². The number of likely N-dealkylation sites (tertiary alicyclic amines) is 1. The number of rotatable bonds is 4. The minimum atomic E-state index is -0.834. The normalized spacial score (nSPS) is 31.3. The van der Waals surface area contributed by atoms with Crippen LogP contribution in [0.1, 0.15) is 47.0 Å². The first kappa shape index (κ1) is 14.4. The second-order valence-corrected chi connectivity index (χ2v) is 6.83. The van der Waals surface area contributed by atoms with Gasteiger partial charge in [-0.2, -0.15) is 0 Å². The van der Waals surface area contributed by atoms with Gasteiger partial charge in [-0.25, -0.2) is 0 Å². The molecule has 0 aromatic rings. The van der Waals surface area contributed by atoms with E-state index in [9.17, 15) is 14.7 Å². The van der Waals surface area contributed by atoms with Gasteiger partial charge in [0.15, 0.2) is 0 Å². The summed E-state index contributed by atoms with van der Waals surface area (Å²) in [5, 5.41) is 9.18. The molecule has 2 fully saturated rings. The highest BCUT2D eigenvalue weighted by molar-refractivity contribution is 5.91. The molecule has 1 saturated carbocycles. The SMILES string of the molecule is CCC1(CC)CCN(C(=O)C2C(C(=O)O)C2(C)C)C1. The van der Waals surface area contributed by atoms with Gasteiger partial charge in [0.25, 0.3) is 0 Å². The Bertz CT molecular complexity index is 398. The van der Waals surface area contributed by atoms with Crippen LogP contribution in [-0.2, 0) is 9.59 Å². The highest BCUT2D eigenvalue weighted by atomic mass is 16.4. The topological polar surface area (TPSA) is 57.6 Å². The Morgan fingerprint density at radius 2 is 1.79 bits per heavy atom. The van der Waals surface area contributed by atoms with E-state index in [0.29, 0.717) is 0 Å². The minimum absolute atomic E-state index is 0.0566. The number of carbonyl (C=O) groups excluding carboxylic acids is 1. The van der Waals surface area contributed by atoms with Gasteiger partial charge < -0.3 is 10.0 Å².